The zero-order chi connectivity index (χ0) is 22.7. The van der Waals surface area contributed by atoms with Gasteiger partial charge in [0.15, 0.2) is 0 Å². The molecule has 0 fully saturated rings. The highest BCUT2D eigenvalue weighted by Gasteiger charge is 2.19. The molecule has 0 saturated carbocycles. The normalized spacial score (nSPS) is 13.1. The van der Waals surface area contributed by atoms with Gasteiger partial charge in [-0.15, -0.1) is 0 Å². The van der Waals surface area contributed by atoms with E-state index in [4.69, 9.17) is 26.6 Å². The third kappa shape index (κ3) is 5.57. The predicted octanol–water partition coefficient (Wildman–Crippen LogP) is 2.35. The van der Waals surface area contributed by atoms with Crippen molar-refractivity contribution in [3.8, 4) is 28.6 Å². The molecule has 2 atom stereocenters. The maximum Gasteiger partial charge on any atom is 0.258 e. The lowest BCUT2D eigenvalue weighted by Crippen LogP contribution is -2.33. The van der Waals surface area contributed by atoms with Gasteiger partial charge in [0.05, 0.1) is 6.10 Å². The summed E-state index contributed by atoms with van der Waals surface area (Å²) in [5.74, 6) is 0.424. The van der Waals surface area contributed by atoms with Crippen molar-refractivity contribution >= 4 is 17.5 Å². The number of primary amides is 1. The molecule has 4 N–H and O–H groups in total. The summed E-state index contributed by atoms with van der Waals surface area (Å²) in [4.78, 5) is 19.5. The molecule has 1 amide bonds. The minimum Gasteiger partial charge on any atom is -0.490 e. The quantitative estimate of drug-likeness (QED) is 0.447. The van der Waals surface area contributed by atoms with Crippen molar-refractivity contribution in [1.82, 2.24) is 15.1 Å². The molecule has 0 radical (unpaired) electrons. The number of aliphatic hydroxyl groups excluding tert-OH is 2. The Morgan fingerprint density at radius 2 is 1.81 bits per heavy atom. The van der Waals surface area contributed by atoms with Gasteiger partial charge in [0.2, 0.25) is 11.7 Å². The number of ether oxygens (including phenoxy) is 1. The van der Waals surface area contributed by atoms with E-state index in [-0.39, 0.29) is 13.0 Å². The average molecular weight is 447 g/mol. The van der Waals surface area contributed by atoms with E-state index in [2.05, 4.69) is 15.1 Å². The standard InChI is InChI=1S/C21H23ClN4O5/c1-10-4-13(5-11(2)18(10)30-9-15(27)8-16(28)19(23)29)20-25-21(31-26-20)14-6-12(3)24-17(22)7-14/h4-7,15-16,27-28H,8-9H2,1-3H3,(H2,23,29)/t15-,16?/m0/s1. The van der Waals surface area contributed by atoms with E-state index in [0.29, 0.717) is 28.2 Å². The molecule has 0 aliphatic carbocycles. The third-order valence-corrected chi connectivity index (χ3v) is 4.75. The first-order valence-corrected chi connectivity index (χ1v) is 9.90. The number of rotatable bonds is 8. The van der Waals surface area contributed by atoms with Gasteiger partial charge in [0.1, 0.15) is 23.6 Å². The molecule has 2 heterocycles. The van der Waals surface area contributed by atoms with Crippen LogP contribution in [0.5, 0.6) is 5.75 Å². The minimum absolute atomic E-state index is 0.0973. The van der Waals surface area contributed by atoms with Crippen LogP contribution in [0.2, 0.25) is 5.15 Å². The molecule has 1 aromatic carbocycles. The first-order valence-electron chi connectivity index (χ1n) is 9.52. The molecule has 0 aliphatic rings. The number of nitrogens with zero attached hydrogens (tertiary/aromatic N) is 3. The van der Waals surface area contributed by atoms with Crippen molar-refractivity contribution in [2.24, 2.45) is 5.73 Å². The molecule has 1 unspecified atom stereocenters. The summed E-state index contributed by atoms with van der Waals surface area (Å²) in [7, 11) is 0. The molecular weight excluding hydrogens is 424 g/mol. The average Bonchev–Trinajstić information content (AvgIpc) is 3.16. The van der Waals surface area contributed by atoms with Crippen LogP contribution in [-0.2, 0) is 4.79 Å². The van der Waals surface area contributed by atoms with Crippen molar-refractivity contribution in [1.29, 1.82) is 0 Å². The highest BCUT2D eigenvalue weighted by molar-refractivity contribution is 6.29. The van der Waals surface area contributed by atoms with E-state index >= 15 is 0 Å². The number of aromatic nitrogens is 3. The minimum atomic E-state index is -1.42. The predicted molar refractivity (Wildman–Crippen MR) is 114 cm³/mol. The Hall–Kier alpha value is -3.01. The van der Waals surface area contributed by atoms with E-state index in [1.54, 1.807) is 12.1 Å². The summed E-state index contributed by atoms with van der Waals surface area (Å²) in [6.45, 7) is 5.43. The maximum atomic E-state index is 10.9. The number of halogens is 1. The van der Waals surface area contributed by atoms with Crippen LogP contribution in [-0.4, -0.2) is 50.1 Å². The highest BCUT2D eigenvalue weighted by atomic mass is 35.5. The number of hydrogen-bond acceptors (Lipinski definition) is 8. The van der Waals surface area contributed by atoms with Crippen molar-refractivity contribution in [2.45, 2.75) is 39.4 Å². The number of amides is 1. The zero-order valence-electron chi connectivity index (χ0n) is 17.3. The lowest BCUT2D eigenvalue weighted by Gasteiger charge is -2.17. The number of carbonyl (C=O) groups excluding carboxylic acids is 1. The van der Waals surface area contributed by atoms with Crippen LogP contribution in [0.25, 0.3) is 22.8 Å². The molecule has 3 rings (SSSR count). The molecule has 0 saturated heterocycles. The van der Waals surface area contributed by atoms with Crippen LogP contribution < -0.4 is 10.5 Å². The van der Waals surface area contributed by atoms with E-state index in [0.717, 1.165) is 22.4 Å². The molecule has 0 spiro atoms. The number of aliphatic hydroxyl groups is 2. The molecule has 0 bridgehead atoms. The number of aryl methyl sites for hydroxylation is 3. The molecular formula is C21H23ClN4O5. The van der Waals surface area contributed by atoms with Crippen molar-refractivity contribution in [2.75, 3.05) is 6.61 Å². The van der Waals surface area contributed by atoms with Gasteiger partial charge >= 0.3 is 0 Å². The second-order valence-corrected chi connectivity index (χ2v) is 7.69. The van der Waals surface area contributed by atoms with Crippen LogP contribution in [0.15, 0.2) is 28.8 Å². The van der Waals surface area contributed by atoms with Gasteiger partial charge in [0.25, 0.3) is 5.89 Å². The molecule has 3 aromatic rings. The van der Waals surface area contributed by atoms with E-state index in [1.807, 2.05) is 32.9 Å². The van der Waals surface area contributed by atoms with Crippen LogP contribution in [0.1, 0.15) is 23.2 Å². The van der Waals surface area contributed by atoms with Gasteiger partial charge in [0, 0.05) is 23.2 Å². The Morgan fingerprint density at radius 3 is 2.42 bits per heavy atom. The molecule has 164 valence electrons. The smallest absolute Gasteiger partial charge is 0.258 e. The fraction of sp³-hybridized carbons (Fsp3) is 0.333. The van der Waals surface area contributed by atoms with E-state index in [1.165, 1.54) is 0 Å². The van der Waals surface area contributed by atoms with E-state index < -0.39 is 18.1 Å². The fourth-order valence-corrected chi connectivity index (χ4v) is 3.39. The molecule has 31 heavy (non-hydrogen) atoms. The van der Waals surface area contributed by atoms with Crippen molar-refractivity contribution < 1.29 is 24.3 Å². The van der Waals surface area contributed by atoms with Gasteiger partial charge in [-0.05, 0) is 56.2 Å². The van der Waals surface area contributed by atoms with Gasteiger partial charge < -0.3 is 25.2 Å². The first kappa shape index (κ1) is 22.7. The van der Waals surface area contributed by atoms with Gasteiger partial charge in [-0.3, -0.25) is 4.79 Å². The lowest BCUT2D eigenvalue weighted by molar-refractivity contribution is -0.127. The molecule has 0 aliphatic heterocycles. The van der Waals surface area contributed by atoms with Crippen molar-refractivity contribution in [3.05, 3.63) is 46.2 Å². The number of benzene rings is 1. The summed E-state index contributed by atoms with van der Waals surface area (Å²) in [6, 6.07) is 7.13. The van der Waals surface area contributed by atoms with Crippen LogP contribution >= 0.6 is 11.6 Å². The second-order valence-electron chi connectivity index (χ2n) is 7.30. The Balaban J connectivity index is 1.76. The van der Waals surface area contributed by atoms with Gasteiger partial charge in [-0.2, -0.15) is 4.98 Å². The Morgan fingerprint density at radius 1 is 1.13 bits per heavy atom. The van der Waals surface area contributed by atoms with Crippen LogP contribution in [0.3, 0.4) is 0 Å². The second kappa shape index (κ2) is 9.42. The maximum absolute atomic E-state index is 10.9. The van der Waals surface area contributed by atoms with Gasteiger partial charge in [-0.25, -0.2) is 4.98 Å². The number of hydrogen-bond donors (Lipinski definition) is 3. The van der Waals surface area contributed by atoms with Gasteiger partial charge in [-0.1, -0.05) is 16.8 Å². The molecule has 9 nitrogen and oxygen atoms in total. The Labute approximate surface area is 183 Å². The van der Waals surface area contributed by atoms with Crippen molar-refractivity contribution in [3.63, 3.8) is 0 Å². The lowest BCUT2D eigenvalue weighted by atomic mass is 10.1. The number of carbonyl (C=O) groups is 1. The Kier molecular flexibility index (Phi) is 6.89. The number of pyridine rings is 1. The monoisotopic (exact) mass is 446 g/mol. The van der Waals surface area contributed by atoms with Crippen LogP contribution in [0, 0.1) is 20.8 Å². The third-order valence-electron chi connectivity index (χ3n) is 4.56. The zero-order valence-corrected chi connectivity index (χ0v) is 18.1. The summed E-state index contributed by atoms with van der Waals surface area (Å²) in [5, 5.41) is 23.8. The summed E-state index contributed by atoms with van der Waals surface area (Å²) >= 11 is 6.01. The molecule has 2 aromatic heterocycles. The van der Waals surface area contributed by atoms with Crippen LogP contribution in [0.4, 0.5) is 0 Å². The summed E-state index contributed by atoms with van der Waals surface area (Å²) in [5.41, 5.74) is 8.74. The SMILES string of the molecule is Cc1cc(-c2nc(-c3cc(C)c(OC[C@@H](O)CC(O)C(N)=O)c(C)c3)no2)cc(Cl)n1. The Bertz CT molecular complexity index is 1060. The highest BCUT2D eigenvalue weighted by Crippen LogP contribution is 2.30. The molecule has 10 heteroatoms. The number of nitrogens with two attached hydrogens (primary N) is 1. The first-order chi connectivity index (χ1) is 14.6. The summed E-state index contributed by atoms with van der Waals surface area (Å²) < 4.78 is 11.1. The largest absolute Gasteiger partial charge is 0.490 e. The topological polar surface area (TPSA) is 145 Å². The summed E-state index contributed by atoms with van der Waals surface area (Å²) in [6.07, 6.45) is -2.67. The van der Waals surface area contributed by atoms with E-state index in [9.17, 15) is 15.0 Å². The fourth-order valence-electron chi connectivity index (χ4n) is 3.14.